The largest absolute Gasteiger partial charge is 0.454 e. The van der Waals surface area contributed by atoms with Gasteiger partial charge in [-0.15, -0.1) is 0 Å². The maximum absolute atomic E-state index is 12.7. The van der Waals surface area contributed by atoms with E-state index in [0.717, 1.165) is 27.6 Å². The van der Waals surface area contributed by atoms with Gasteiger partial charge in [0.15, 0.2) is 11.5 Å². The van der Waals surface area contributed by atoms with E-state index in [1.54, 1.807) is 0 Å². The highest BCUT2D eigenvalue weighted by molar-refractivity contribution is 7.78. The van der Waals surface area contributed by atoms with Crippen LogP contribution in [0.4, 0.5) is 0 Å². The van der Waals surface area contributed by atoms with Crippen molar-refractivity contribution < 1.29 is 14.3 Å². The summed E-state index contributed by atoms with van der Waals surface area (Å²) in [4.78, 5) is 12.7. The molecular weight excluding hydrogens is 350 g/mol. The molecule has 1 unspecified atom stereocenters. The Morgan fingerprint density at radius 2 is 2.08 bits per heavy atom. The molecule has 1 aliphatic heterocycles. The number of thiol groups is 1. The molecule has 0 bridgehead atoms. The fourth-order valence-electron chi connectivity index (χ4n) is 3.45. The van der Waals surface area contributed by atoms with Crippen LogP contribution in [0.25, 0.3) is 10.9 Å². The van der Waals surface area contributed by atoms with Gasteiger partial charge in [0.1, 0.15) is 0 Å². The molecule has 2 aromatic carbocycles. The molecule has 0 radical (unpaired) electrons. The zero-order chi connectivity index (χ0) is 18.3. The molecule has 0 aliphatic carbocycles. The first kappa shape index (κ1) is 16.8. The van der Waals surface area contributed by atoms with E-state index in [-0.39, 0.29) is 12.7 Å². The molecule has 1 atom stereocenters. The minimum atomic E-state index is -0.519. The van der Waals surface area contributed by atoms with Gasteiger partial charge in [0.05, 0.1) is 5.92 Å². The van der Waals surface area contributed by atoms with Crippen molar-refractivity contribution in [3.63, 3.8) is 0 Å². The summed E-state index contributed by atoms with van der Waals surface area (Å²) in [6.45, 7) is 0.664. The van der Waals surface area contributed by atoms with Gasteiger partial charge in [-0.1, -0.05) is 31.0 Å². The molecule has 3 aromatic rings. The fourth-order valence-corrected chi connectivity index (χ4v) is 3.58. The van der Waals surface area contributed by atoms with Crippen LogP contribution in [-0.2, 0) is 18.4 Å². The van der Waals surface area contributed by atoms with Gasteiger partial charge < -0.3 is 24.5 Å². The molecule has 4 rings (SSSR count). The molecule has 6 nitrogen and oxygen atoms in total. The van der Waals surface area contributed by atoms with Crippen molar-refractivity contribution in [1.29, 1.82) is 0 Å². The van der Waals surface area contributed by atoms with Crippen molar-refractivity contribution >= 4 is 29.6 Å². The number of nitrogens with one attached hydrogen (secondary N) is 1. The molecule has 2 heterocycles. The summed E-state index contributed by atoms with van der Waals surface area (Å²) in [5, 5.41) is 1.00. The van der Waals surface area contributed by atoms with Crippen molar-refractivity contribution in [3.8, 4) is 11.5 Å². The molecule has 26 heavy (non-hydrogen) atoms. The van der Waals surface area contributed by atoms with Gasteiger partial charge in [-0.2, -0.15) is 0 Å². The van der Waals surface area contributed by atoms with E-state index in [0.29, 0.717) is 18.0 Å². The van der Waals surface area contributed by atoms with E-state index in [1.165, 1.54) is 0 Å². The Labute approximate surface area is 156 Å². The SMILES string of the molecule is Cn1cc(C(C(=O)NS)c2ccc3c(c2)OCO3)c2ccc(CN)cc21. The van der Waals surface area contributed by atoms with E-state index in [1.807, 2.05) is 54.2 Å². The molecule has 0 spiro atoms. The van der Waals surface area contributed by atoms with Crippen LogP contribution >= 0.6 is 12.8 Å². The Morgan fingerprint density at radius 1 is 1.27 bits per heavy atom. The Balaban J connectivity index is 1.88. The van der Waals surface area contributed by atoms with Gasteiger partial charge in [-0.3, -0.25) is 4.79 Å². The van der Waals surface area contributed by atoms with Crippen LogP contribution < -0.4 is 19.9 Å². The lowest BCUT2D eigenvalue weighted by molar-refractivity contribution is -0.119. The Kier molecular flexibility index (Phi) is 4.26. The molecule has 0 saturated carbocycles. The first-order chi connectivity index (χ1) is 12.6. The Morgan fingerprint density at radius 3 is 2.85 bits per heavy atom. The van der Waals surface area contributed by atoms with Crippen LogP contribution in [0.5, 0.6) is 11.5 Å². The monoisotopic (exact) mass is 369 g/mol. The standard InChI is InChI=1S/C19H19N3O3S/c1-22-9-14(13-4-2-11(8-20)6-15(13)22)18(19(23)21-26)12-3-5-16-17(7-12)25-10-24-16/h2-7,9,18,26H,8,10,20H2,1H3,(H,21,23). The van der Waals surface area contributed by atoms with Crippen LogP contribution in [0, 0.1) is 0 Å². The topological polar surface area (TPSA) is 78.5 Å². The molecular formula is C19H19N3O3S. The number of amides is 1. The second-order valence-electron chi connectivity index (χ2n) is 6.27. The number of carbonyl (C=O) groups excluding carboxylic acids is 1. The van der Waals surface area contributed by atoms with E-state index in [4.69, 9.17) is 15.2 Å². The highest BCUT2D eigenvalue weighted by atomic mass is 32.1. The summed E-state index contributed by atoms with van der Waals surface area (Å²) < 4.78 is 15.3. The van der Waals surface area contributed by atoms with Crippen LogP contribution in [0.2, 0.25) is 0 Å². The first-order valence-corrected chi connectivity index (χ1v) is 8.68. The van der Waals surface area contributed by atoms with Crippen LogP contribution in [0.3, 0.4) is 0 Å². The van der Waals surface area contributed by atoms with Gasteiger partial charge in [-0.05, 0) is 34.9 Å². The summed E-state index contributed by atoms with van der Waals surface area (Å²) in [6.07, 6.45) is 1.98. The Hall–Kier alpha value is -2.64. The number of hydrogen-bond acceptors (Lipinski definition) is 5. The quantitative estimate of drug-likeness (QED) is 0.618. The third-order valence-electron chi connectivity index (χ3n) is 4.73. The van der Waals surface area contributed by atoms with Crippen molar-refractivity contribution in [1.82, 2.24) is 9.29 Å². The highest BCUT2D eigenvalue weighted by Gasteiger charge is 2.27. The van der Waals surface area contributed by atoms with Gasteiger partial charge in [0, 0.05) is 30.7 Å². The van der Waals surface area contributed by atoms with Gasteiger partial charge in [0.2, 0.25) is 12.7 Å². The maximum atomic E-state index is 12.7. The van der Waals surface area contributed by atoms with Gasteiger partial charge in [0.25, 0.3) is 0 Å². The minimum absolute atomic E-state index is 0.193. The molecule has 134 valence electrons. The summed E-state index contributed by atoms with van der Waals surface area (Å²) in [7, 11) is 1.96. The first-order valence-electron chi connectivity index (χ1n) is 8.23. The summed E-state index contributed by atoms with van der Waals surface area (Å²) >= 11 is 3.99. The van der Waals surface area contributed by atoms with Crippen molar-refractivity contribution in [2.24, 2.45) is 12.8 Å². The van der Waals surface area contributed by atoms with Crippen molar-refractivity contribution in [3.05, 3.63) is 59.3 Å². The lowest BCUT2D eigenvalue weighted by Gasteiger charge is -2.16. The predicted octanol–water partition coefficient (Wildman–Crippen LogP) is 2.46. The average molecular weight is 369 g/mol. The normalized spacial score (nSPS) is 13.8. The predicted molar refractivity (Wildman–Crippen MR) is 102 cm³/mol. The number of benzene rings is 2. The third kappa shape index (κ3) is 2.69. The highest BCUT2D eigenvalue weighted by Crippen LogP contribution is 2.38. The van der Waals surface area contributed by atoms with Gasteiger partial charge in [-0.25, -0.2) is 0 Å². The van der Waals surface area contributed by atoms with Crippen LogP contribution in [0.15, 0.2) is 42.6 Å². The number of aryl methyl sites for hydroxylation is 1. The van der Waals surface area contributed by atoms with Crippen LogP contribution in [0.1, 0.15) is 22.6 Å². The number of ether oxygens (including phenoxy) is 2. The van der Waals surface area contributed by atoms with Gasteiger partial charge >= 0.3 is 0 Å². The molecule has 1 aromatic heterocycles. The lowest BCUT2D eigenvalue weighted by atomic mass is 9.90. The van der Waals surface area contributed by atoms with E-state index < -0.39 is 5.92 Å². The number of fused-ring (bicyclic) bond motifs is 2. The number of nitrogens with two attached hydrogens (primary N) is 1. The number of carbonyl (C=O) groups is 1. The van der Waals surface area contributed by atoms with E-state index >= 15 is 0 Å². The molecule has 1 amide bonds. The van der Waals surface area contributed by atoms with E-state index in [9.17, 15) is 4.79 Å². The molecule has 0 fully saturated rings. The maximum Gasteiger partial charge on any atom is 0.241 e. The van der Waals surface area contributed by atoms with E-state index in [2.05, 4.69) is 17.5 Å². The fraction of sp³-hybridized carbons (Fsp3) is 0.211. The molecule has 0 saturated heterocycles. The number of aromatic nitrogens is 1. The summed E-state index contributed by atoms with van der Waals surface area (Å²) in [5.74, 6) is 0.603. The molecule has 3 N–H and O–H groups in total. The average Bonchev–Trinajstić information content (AvgIpc) is 3.26. The second kappa shape index (κ2) is 6.59. The van der Waals surface area contributed by atoms with Crippen molar-refractivity contribution in [2.45, 2.75) is 12.5 Å². The summed E-state index contributed by atoms with van der Waals surface area (Å²) in [6, 6.07) is 11.6. The molecule has 1 aliphatic rings. The Bertz CT molecular complexity index is 999. The number of rotatable bonds is 4. The smallest absolute Gasteiger partial charge is 0.241 e. The molecule has 7 heteroatoms. The van der Waals surface area contributed by atoms with Crippen LogP contribution in [-0.4, -0.2) is 17.3 Å². The lowest BCUT2D eigenvalue weighted by Crippen LogP contribution is -2.23. The minimum Gasteiger partial charge on any atom is -0.454 e. The number of hydrogen-bond donors (Lipinski definition) is 3. The van der Waals surface area contributed by atoms with Crippen molar-refractivity contribution in [2.75, 3.05) is 6.79 Å². The summed E-state index contributed by atoms with van der Waals surface area (Å²) in [5.41, 5.74) is 9.55. The third-order valence-corrected chi connectivity index (χ3v) is 4.96. The zero-order valence-electron chi connectivity index (χ0n) is 14.2. The number of nitrogens with zero attached hydrogens (tertiary/aromatic N) is 1. The zero-order valence-corrected chi connectivity index (χ0v) is 15.1. The second-order valence-corrected chi connectivity index (χ2v) is 6.50.